The third-order valence-electron chi connectivity index (χ3n) is 12.7. The smallest absolute Gasteiger partial charge is 0.0238 e. The highest BCUT2D eigenvalue weighted by Gasteiger charge is 2.20. The average Bonchev–Trinajstić information content (AvgIpc) is 3.28. The molecule has 11 aromatic carbocycles. The van der Waals surface area contributed by atoms with Crippen molar-refractivity contribution < 1.29 is 0 Å². The van der Waals surface area contributed by atoms with E-state index in [0.717, 1.165) is 17.3 Å². The zero-order valence-corrected chi connectivity index (χ0v) is 35.1. The minimum absolute atomic E-state index is 0.887. The molecular weight excluding hydrogens is 781 g/mol. The highest BCUT2D eigenvalue weighted by Crippen LogP contribution is 2.46. The lowest BCUT2D eigenvalue weighted by Gasteiger charge is -2.21. The third-order valence-corrected chi connectivity index (χ3v) is 15.8. The first-order valence-electron chi connectivity index (χ1n) is 20.7. The van der Waals surface area contributed by atoms with E-state index in [1.807, 2.05) is 35.3 Å². The van der Waals surface area contributed by atoms with Gasteiger partial charge in [0.25, 0.3) is 0 Å². The molecule has 0 N–H and O–H groups in total. The van der Waals surface area contributed by atoms with Crippen LogP contribution in [0.5, 0.6) is 0 Å². The summed E-state index contributed by atoms with van der Waals surface area (Å²) < 4.78 is 0. The summed E-state index contributed by atoms with van der Waals surface area (Å²) in [4.78, 5) is 3.98. The molecule has 0 aromatic heterocycles. The van der Waals surface area contributed by atoms with Gasteiger partial charge >= 0.3 is 0 Å². The Morgan fingerprint density at radius 3 is 0.750 bits per heavy atom. The second-order valence-electron chi connectivity index (χ2n) is 16.5. The predicted octanol–water partition coefficient (Wildman–Crippen LogP) is 17.1. The van der Waals surface area contributed by atoms with Gasteiger partial charge in [-0.15, -0.1) is 35.3 Å². The van der Waals surface area contributed by atoms with Gasteiger partial charge in [-0.25, -0.2) is 0 Å². The second kappa shape index (κ2) is 13.8. The van der Waals surface area contributed by atoms with Gasteiger partial charge < -0.3 is 0 Å². The van der Waals surface area contributed by atoms with Gasteiger partial charge in [0.2, 0.25) is 0 Å². The molecule has 0 saturated carbocycles. The first-order valence-corrected chi connectivity index (χ1v) is 23.6. The normalized spacial score (nSPS) is 13.6. The lowest BCUT2D eigenvalue weighted by molar-refractivity contribution is 1.22. The fourth-order valence-electron chi connectivity index (χ4n) is 9.65. The highest BCUT2D eigenvalue weighted by molar-refractivity contribution is 8.00. The number of fused-ring (bicyclic) bond motifs is 9. The van der Waals surface area contributed by atoms with E-state index in [-0.39, 0.29) is 0 Å². The van der Waals surface area contributed by atoms with Crippen molar-refractivity contribution >= 4 is 99.9 Å². The van der Waals surface area contributed by atoms with E-state index in [9.17, 15) is 0 Å². The molecule has 3 aliphatic rings. The lowest BCUT2D eigenvalue weighted by atomic mass is 9.87. The Bertz CT molecular complexity index is 3220. The van der Waals surface area contributed by atoms with Crippen molar-refractivity contribution in [3.8, 4) is 33.4 Å². The fourth-order valence-corrected chi connectivity index (χ4v) is 12.8. The molecule has 0 unspecified atom stereocenters. The van der Waals surface area contributed by atoms with E-state index in [2.05, 4.69) is 182 Å². The summed E-state index contributed by atoms with van der Waals surface area (Å²) in [5.74, 6) is 2.66. The van der Waals surface area contributed by atoms with Crippen LogP contribution in [0.1, 0.15) is 16.7 Å². The summed E-state index contributed by atoms with van der Waals surface area (Å²) in [7, 11) is 0. The maximum absolute atomic E-state index is 2.49. The van der Waals surface area contributed by atoms with Crippen molar-refractivity contribution in [3.05, 3.63) is 199 Å². The Hall–Kier alpha value is -5.97. The molecule has 0 amide bonds. The van der Waals surface area contributed by atoms with Gasteiger partial charge in [0.15, 0.2) is 0 Å². The van der Waals surface area contributed by atoms with Gasteiger partial charge in [-0.1, -0.05) is 72.8 Å². The molecule has 3 aliphatic heterocycles. The molecule has 0 radical (unpaired) electrons. The van der Waals surface area contributed by atoms with E-state index < -0.39 is 0 Å². The SMILES string of the molecule is c1ccc2cc3cc4c(cc3cc2c1)CSc1cc2cc(c1)SCc1cc3cc5ccccc5cc3cc1-c1cc-4cc(c1)-c1cc3cc4ccccc4cc3cc1CS2. The van der Waals surface area contributed by atoms with Gasteiger partial charge in [-0.2, -0.15) is 0 Å². The van der Waals surface area contributed by atoms with Crippen LogP contribution >= 0.6 is 35.3 Å². The van der Waals surface area contributed by atoms with Crippen LogP contribution in [0.15, 0.2) is 197 Å². The first kappa shape index (κ1) is 34.8. The van der Waals surface area contributed by atoms with Crippen molar-refractivity contribution in [2.75, 3.05) is 0 Å². The number of thioether (sulfide) groups is 3. The van der Waals surface area contributed by atoms with Crippen LogP contribution in [0.2, 0.25) is 0 Å². The molecule has 11 aromatic rings. The molecule has 282 valence electrons. The molecule has 60 heavy (non-hydrogen) atoms. The zero-order valence-electron chi connectivity index (χ0n) is 32.7. The third kappa shape index (κ3) is 6.02. The van der Waals surface area contributed by atoms with Crippen LogP contribution in [-0.4, -0.2) is 0 Å². The quantitative estimate of drug-likeness (QED) is 0.140. The number of hydrogen-bond acceptors (Lipinski definition) is 3. The molecule has 3 heterocycles. The molecule has 0 spiro atoms. The standard InChI is InChI=1S/C57H36S3/c1-4-10-37-16-43-25-55-46-22-47-24-48(23-46)57-27-45-18-39-12-6-3-9-36(39)15-42(45)21-51(57)33-60-54-29-52(58-31-49(55)19-40(43)13-34(37)7-1)28-53(30-54)59-32-50-20-41-14-35-8-2-5-11-38(35)17-44(41)26-56(47)50/h1-30H,31-33H2. The van der Waals surface area contributed by atoms with Gasteiger partial charge in [0, 0.05) is 31.9 Å². The summed E-state index contributed by atoms with van der Waals surface area (Å²) in [5, 5.41) is 15.4. The van der Waals surface area contributed by atoms with Crippen LogP contribution in [0.3, 0.4) is 0 Å². The van der Waals surface area contributed by atoms with E-state index in [0.29, 0.717) is 0 Å². The van der Waals surface area contributed by atoms with Crippen LogP contribution in [0, 0.1) is 0 Å². The van der Waals surface area contributed by atoms with Gasteiger partial charge in [-0.3, -0.25) is 0 Å². The number of rotatable bonds is 0. The van der Waals surface area contributed by atoms with Crippen molar-refractivity contribution in [1.82, 2.24) is 0 Å². The summed E-state index contributed by atoms with van der Waals surface area (Å²) in [6, 6.07) is 70.2. The Balaban J connectivity index is 1.15. The molecule has 0 atom stereocenters. The summed E-state index contributed by atoms with van der Waals surface area (Å²) >= 11 is 5.91. The second-order valence-corrected chi connectivity index (χ2v) is 19.6. The van der Waals surface area contributed by atoms with Crippen molar-refractivity contribution in [1.29, 1.82) is 0 Å². The Labute approximate surface area is 361 Å². The first-order chi connectivity index (χ1) is 29.6. The van der Waals surface area contributed by atoms with Crippen molar-refractivity contribution in [2.45, 2.75) is 31.9 Å². The maximum Gasteiger partial charge on any atom is 0.0238 e. The lowest BCUT2D eigenvalue weighted by Crippen LogP contribution is -1.97. The molecule has 0 saturated heterocycles. The van der Waals surface area contributed by atoms with Crippen LogP contribution in [0.4, 0.5) is 0 Å². The molecule has 0 fully saturated rings. The van der Waals surface area contributed by atoms with Gasteiger partial charge in [-0.05, 0) is 224 Å². The Morgan fingerprint density at radius 2 is 0.483 bits per heavy atom. The topological polar surface area (TPSA) is 0 Å². The number of benzene rings is 11. The molecule has 14 rings (SSSR count). The van der Waals surface area contributed by atoms with E-state index in [1.165, 1.54) is 129 Å². The molecular formula is C57H36S3. The summed E-state index contributed by atoms with van der Waals surface area (Å²) in [6.07, 6.45) is 0. The molecule has 0 aliphatic carbocycles. The van der Waals surface area contributed by atoms with Crippen LogP contribution in [0.25, 0.3) is 98.0 Å². The molecule has 6 bridgehead atoms. The van der Waals surface area contributed by atoms with E-state index in [4.69, 9.17) is 0 Å². The highest BCUT2D eigenvalue weighted by atomic mass is 32.2. The Morgan fingerprint density at radius 1 is 0.233 bits per heavy atom. The minimum atomic E-state index is 0.887. The largest absolute Gasteiger partial charge is 0.121 e. The predicted molar refractivity (Wildman–Crippen MR) is 263 cm³/mol. The van der Waals surface area contributed by atoms with Gasteiger partial charge in [0.05, 0.1) is 0 Å². The Kier molecular flexibility index (Phi) is 8.01. The van der Waals surface area contributed by atoms with Crippen molar-refractivity contribution in [2.24, 2.45) is 0 Å². The van der Waals surface area contributed by atoms with Crippen LogP contribution in [-0.2, 0) is 17.3 Å². The zero-order chi connectivity index (χ0) is 39.3. The number of hydrogen-bond donors (Lipinski definition) is 0. The minimum Gasteiger partial charge on any atom is -0.121 e. The summed E-state index contributed by atoms with van der Waals surface area (Å²) in [5.41, 5.74) is 11.8. The average molecular weight is 817 g/mol. The molecule has 0 nitrogen and oxygen atoms in total. The van der Waals surface area contributed by atoms with Crippen molar-refractivity contribution in [3.63, 3.8) is 0 Å². The van der Waals surface area contributed by atoms with Crippen LogP contribution < -0.4 is 0 Å². The van der Waals surface area contributed by atoms with E-state index in [1.54, 1.807) is 0 Å². The van der Waals surface area contributed by atoms with Gasteiger partial charge in [0.1, 0.15) is 0 Å². The van der Waals surface area contributed by atoms with E-state index >= 15 is 0 Å². The molecule has 3 heteroatoms. The maximum atomic E-state index is 2.49. The summed E-state index contributed by atoms with van der Waals surface area (Å²) in [6.45, 7) is 0. The fraction of sp³-hybridized carbons (Fsp3) is 0.0526. The monoisotopic (exact) mass is 816 g/mol.